The molecule has 0 aliphatic carbocycles. The second-order valence-corrected chi connectivity index (χ2v) is 3.41. The molecule has 0 aliphatic heterocycles. The largest absolute Gasteiger partial charge is 0.405 e. The average Bonchev–Trinajstić information content (AvgIpc) is 2.26. The molecule has 94 valence electrons. The van der Waals surface area contributed by atoms with E-state index < -0.39 is 18.6 Å². The van der Waals surface area contributed by atoms with E-state index in [0.717, 1.165) is 12.2 Å². The Morgan fingerprint density at radius 1 is 1.24 bits per heavy atom. The Hall–Kier alpha value is -1.72. The van der Waals surface area contributed by atoms with Gasteiger partial charge in [-0.1, -0.05) is 0 Å². The lowest BCUT2D eigenvalue weighted by Crippen LogP contribution is -2.33. The maximum Gasteiger partial charge on any atom is 0.405 e. The van der Waals surface area contributed by atoms with Crippen LogP contribution in [0.5, 0.6) is 0 Å². The molecule has 6 heteroatoms. The van der Waals surface area contributed by atoms with Crippen LogP contribution in [0, 0.1) is 0 Å². The molecule has 0 heterocycles. The fourth-order valence-electron chi connectivity index (χ4n) is 1.23. The molecule has 1 amide bonds. The number of halogens is 3. The minimum absolute atomic E-state index is 0.205. The predicted molar refractivity (Wildman–Crippen MR) is 59.0 cm³/mol. The van der Waals surface area contributed by atoms with Crippen LogP contribution in [0.4, 0.5) is 18.9 Å². The lowest BCUT2D eigenvalue weighted by atomic mass is 10.2. The van der Waals surface area contributed by atoms with Crippen LogP contribution in [-0.4, -0.2) is 25.2 Å². The lowest BCUT2D eigenvalue weighted by molar-refractivity contribution is -0.123. The summed E-state index contributed by atoms with van der Waals surface area (Å²) in [4.78, 5) is 11.3. The van der Waals surface area contributed by atoms with Crippen LogP contribution < -0.4 is 10.6 Å². The first-order valence-corrected chi connectivity index (χ1v) is 5.11. The third-order valence-electron chi connectivity index (χ3n) is 1.98. The van der Waals surface area contributed by atoms with Gasteiger partial charge < -0.3 is 10.6 Å². The number of carbonyl (C=O) groups is 1. The number of carbonyl (C=O) groups excluding carboxylic acids is 1. The van der Waals surface area contributed by atoms with Crippen LogP contribution in [0.2, 0.25) is 0 Å². The molecule has 0 spiro atoms. The van der Waals surface area contributed by atoms with Crippen molar-refractivity contribution in [2.24, 2.45) is 0 Å². The summed E-state index contributed by atoms with van der Waals surface area (Å²) in [6, 6.07) is 6.24. The van der Waals surface area contributed by atoms with Crippen molar-refractivity contribution in [3.05, 3.63) is 29.8 Å². The summed E-state index contributed by atoms with van der Waals surface area (Å²) >= 11 is 0. The summed E-state index contributed by atoms with van der Waals surface area (Å²) in [5.41, 5.74) is 1.02. The zero-order valence-corrected chi connectivity index (χ0v) is 9.27. The summed E-state index contributed by atoms with van der Waals surface area (Å²) in [5.74, 6) is -0.731. The molecule has 0 atom stereocenters. The molecule has 0 fully saturated rings. The number of hydrogen-bond donors (Lipinski definition) is 2. The fraction of sp³-hybridized carbons (Fsp3) is 0.364. The van der Waals surface area contributed by atoms with E-state index in [0.29, 0.717) is 0 Å². The quantitative estimate of drug-likeness (QED) is 0.856. The van der Waals surface area contributed by atoms with E-state index in [1.54, 1.807) is 17.4 Å². The van der Waals surface area contributed by atoms with Gasteiger partial charge in [-0.05, 0) is 31.2 Å². The first-order valence-electron chi connectivity index (χ1n) is 5.11. The van der Waals surface area contributed by atoms with E-state index in [1.807, 2.05) is 6.92 Å². The summed E-state index contributed by atoms with van der Waals surface area (Å²) in [6.07, 6.45) is -4.39. The third-order valence-corrected chi connectivity index (χ3v) is 1.98. The monoisotopic (exact) mass is 246 g/mol. The molecule has 0 aliphatic rings. The van der Waals surface area contributed by atoms with E-state index in [4.69, 9.17) is 0 Å². The van der Waals surface area contributed by atoms with Crippen molar-refractivity contribution in [3.63, 3.8) is 0 Å². The molecule has 1 aromatic carbocycles. The molecular formula is C11H13F3N2O. The van der Waals surface area contributed by atoms with Gasteiger partial charge in [0.15, 0.2) is 0 Å². The topological polar surface area (TPSA) is 41.1 Å². The van der Waals surface area contributed by atoms with Crippen molar-refractivity contribution in [2.45, 2.75) is 13.1 Å². The van der Waals surface area contributed by atoms with Crippen molar-refractivity contribution in [1.82, 2.24) is 5.32 Å². The van der Waals surface area contributed by atoms with E-state index in [2.05, 4.69) is 5.32 Å². The van der Waals surface area contributed by atoms with Crippen LogP contribution in [0.3, 0.4) is 0 Å². The van der Waals surface area contributed by atoms with E-state index in [1.165, 1.54) is 12.1 Å². The first kappa shape index (κ1) is 13.3. The van der Waals surface area contributed by atoms with Gasteiger partial charge in [-0.3, -0.25) is 4.79 Å². The molecule has 0 saturated heterocycles. The number of hydrogen-bond acceptors (Lipinski definition) is 2. The Labute approximate surface area is 97.0 Å². The molecule has 0 aromatic heterocycles. The summed E-state index contributed by atoms with van der Waals surface area (Å²) < 4.78 is 35.6. The first-order chi connectivity index (χ1) is 7.92. The molecule has 1 aromatic rings. The van der Waals surface area contributed by atoms with Gasteiger partial charge in [0.25, 0.3) is 5.91 Å². The Morgan fingerprint density at radius 2 is 1.82 bits per heavy atom. The minimum atomic E-state index is -4.39. The van der Waals surface area contributed by atoms with Gasteiger partial charge in [0.05, 0.1) is 0 Å². The highest BCUT2D eigenvalue weighted by molar-refractivity contribution is 5.94. The Kier molecular flexibility index (Phi) is 4.37. The Morgan fingerprint density at radius 3 is 2.29 bits per heavy atom. The van der Waals surface area contributed by atoms with E-state index in [-0.39, 0.29) is 5.56 Å². The Bertz CT molecular complexity index is 373. The van der Waals surface area contributed by atoms with Gasteiger partial charge >= 0.3 is 6.18 Å². The van der Waals surface area contributed by atoms with Crippen molar-refractivity contribution < 1.29 is 18.0 Å². The maximum atomic E-state index is 11.9. The third kappa shape index (κ3) is 4.76. The van der Waals surface area contributed by atoms with Gasteiger partial charge in [-0.15, -0.1) is 0 Å². The summed E-state index contributed by atoms with van der Waals surface area (Å²) in [7, 11) is 0. The number of amides is 1. The highest BCUT2D eigenvalue weighted by Crippen LogP contribution is 2.13. The second-order valence-electron chi connectivity index (χ2n) is 3.41. The molecule has 0 saturated carbocycles. The van der Waals surface area contributed by atoms with Crippen molar-refractivity contribution in [2.75, 3.05) is 18.4 Å². The van der Waals surface area contributed by atoms with Crippen LogP contribution in [0.1, 0.15) is 17.3 Å². The number of benzene rings is 1. The zero-order chi connectivity index (χ0) is 12.9. The highest BCUT2D eigenvalue weighted by Gasteiger charge is 2.27. The predicted octanol–water partition coefficient (Wildman–Crippen LogP) is 2.41. The Balaban J connectivity index is 2.57. The molecule has 0 bridgehead atoms. The fourth-order valence-corrected chi connectivity index (χ4v) is 1.23. The smallest absolute Gasteiger partial charge is 0.385 e. The summed E-state index contributed by atoms with van der Waals surface area (Å²) in [5, 5.41) is 4.82. The minimum Gasteiger partial charge on any atom is -0.385 e. The number of rotatable bonds is 4. The van der Waals surface area contributed by atoms with Gasteiger partial charge in [0, 0.05) is 17.8 Å². The molecule has 2 N–H and O–H groups in total. The van der Waals surface area contributed by atoms with Gasteiger partial charge in [-0.25, -0.2) is 0 Å². The van der Waals surface area contributed by atoms with Gasteiger partial charge in [-0.2, -0.15) is 13.2 Å². The van der Waals surface area contributed by atoms with Crippen LogP contribution in [0.25, 0.3) is 0 Å². The van der Waals surface area contributed by atoms with Gasteiger partial charge in [0.1, 0.15) is 6.54 Å². The molecule has 3 nitrogen and oxygen atoms in total. The van der Waals surface area contributed by atoms with Crippen molar-refractivity contribution in [3.8, 4) is 0 Å². The molecular weight excluding hydrogens is 233 g/mol. The number of nitrogens with one attached hydrogen (secondary N) is 2. The lowest BCUT2D eigenvalue weighted by Gasteiger charge is -2.09. The van der Waals surface area contributed by atoms with Gasteiger partial charge in [0.2, 0.25) is 0 Å². The van der Waals surface area contributed by atoms with Crippen molar-refractivity contribution in [1.29, 1.82) is 0 Å². The number of alkyl halides is 3. The molecule has 17 heavy (non-hydrogen) atoms. The number of anilines is 1. The normalized spacial score (nSPS) is 11.1. The molecule has 1 rings (SSSR count). The van der Waals surface area contributed by atoms with E-state index >= 15 is 0 Å². The molecule has 0 radical (unpaired) electrons. The second kappa shape index (κ2) is 5.56. The van der Waals surface area contributed by atoms with Crippen molar-refractivity contribution >= 4 is 11.6 Å². The SMILES string of the molecule is CCNc1ccc(C(=O)NCC(F)(F)F)cc1. The highest BCUT2D eigenvalue weighted by atomic mass is 19.4. The van der Waals surface area contributed by atoms with Crippen LogP contribution >= 0.6 is 0 Å². The van der Waals surface area contributed by atoms with E-state index in [9.17, 15) is 18.0 Å². The summed E-state index contributed by atoms with van der Waals surface area (Å²) in [6.45, 7) is 1.34. The standard InChI is InChI=1S/C11H13F3N2O/c1-2-15-9-5-3-8(4-6-9)10(17)16-7-11(12,13)14/h3-6,15H,2,7H2,1H3,(H,16,17). The van der Waals surface area contributed by atoms with Crippen LogP contribution in [-0.2, 0) is 0 Å². The zero-order valence-electron chi connectivity index (χ0n) is 9.27. The molecule has 0 unspecified atom stereocenters. The maximum absolute atomic E-state index is 11.9. The average molecular weight is 246 g/mol. The van der Waals surface area contributed by atoms with Crippen LogP contribution in [0.15, 0.2) is 24.3 Å².